The van der Waals surface area contributed by atoms with Crippen molar-refractivity contribution in [2.45, 2.75) is 70.9 Å². The summed E-state index contributed by atoms with van der Waals surface area (Å²) in [6, 6.07) is 1.03. The van der Waals surface area contributed by atoms with E-state index in [9.17, 15) is 9.59 Å². The number of nitrogens with zero attached hydrogens (tertiary/aromatic N) is 4. The second kappa shape index (κ2) is 10.6. The van der Waals surface area contributed by atoms with Crippen LogP contribution in [0, 0.1) is 0 Å². The molecule has 3 rings (SSSR count). The molecule has 174 valence electrons. The predicted molar refractivity (Wildman–Crippen MR) is 125 cm³/mol. The van der Waals surface area contributed by atoms with E-state index in [4.69, 9.17) is 14.2 Å². The number of hydrogen-bond donors (Lipinski definition) is 0. The molecule has 2 aromatic heterocycles. The first kappa shape index (κ1) is 24.4. The highest BCUT2D eigenvalue weighted by atomic mass is 79.9. The Bertz CT molecular complexity index is 1000. The van der Waals surface area contributed by atoms with Crippen LogP contribution in [0.3, 0.4) is 0 Å². The Balaban J connectivity index is 1.74. The van der Waals surface area contributed by atoms with Gasteiger partial charge in [0.05, 0.1) is 6.61 Å². The minimum Gasteiger partial charge on any atom is -0.361 e. The van der Waals surface area contributed by atoms with Crippen LogP contribution in [-0.4, -0.2) is 52.9 Å². The maximum absolute atomic E-state index is 13.2. The highest BCUT2D eigenvalue weighted by Crippen LogP contribution is 2.17. The van der Waals surface area contributed by atoms with Crippen LogP contribution in [0.15, 0.2) is 14.3 Å². The summed E-state index contributed by atoms with van der Waals surface area (Å²) in [6.07, 6.45) is 3.42. The maximum atomic E-state index is 13.2. The van der Waals surface area contributed by atoms with E-state index < -0.39 is 8.07 Å². The van der Waals surface area contributed by atoms with E-state index in [-0.39, 0.29) is 30.8 Å². The molecular weight excluding hydrogens is 484 g/mol. The lowest BCUT2D eigenvalue weighted by Crippen LogP contribution is -2.40. The molecule has 0 aromatic carbocycles. The van der Waals surface area contributed by atoms with Crippen LogP contribution in [0.5, 0.6) is 0 Å². The van der Waals surface area contributed by atoms with Gasteiger partial charge in [-0.15, -0.1) is 0 Å². The average molecular weight is 517 g/mol. The van der Waals surface area contributed by atoms with Crippen LogP contribution >= 0.6 is 15.9 Å². The van der Waals surface area contributed by atoms with E-state index in [0.29, 0.717) is 35.5 Å². The number of fused-ring (bicyclic) bond motifs is 1. The SMILES string of the molecule is Cn1c(=O)n(CCCOC2CCCCO2)c(=O)c2c1nc(Br)n2COCC[Si](C)(C)C. The highest BCUT2D eigenvalue weighted by molar-refractivity contribution is 9.10. The largest absolute Gasteiger partial charge is 0.361 e. The Labute approximate surface area is 191 Å². The molecule has 0 aliphatic carbocycles. The molecule has 1 atom stereocenters. The smallest absolute Gasteiger partial charge is 0.332 e. The lowest BCUT2D eigenvalue weighted by atomic mass is 10.2. The average Bonchev–Trinajstić information content (AvgIpc) is 3.05. The zero-order valence-corrected chi connectivity index (χ0v) is 21.4. The Hall–Kier alpha value is -1.27. The standard InChI is InChI=1S/C20H33BrN4O5Si/c1-23-17-16(25(19(21)22-17)14-28-12-13-31(2,3)4)18(26)24(20(23)27)9-7-11-30-15-8-5-6-10-29-15/h15H,5-14H2,1-4H3. The number of rotatable bonds is 10. The summed E-state index contributed by atoms with van der Waals surface area (Å²) in [4.78, 5) is 30.3. The van der Waals surface area contributed by atoms with Crippen LogP contribution in [0.1, 0.15) is 25.7 Å². The molecule has 3 heterocycles. The molecule has 9 nitrogen and oxygen atoms in total. The molecule has 11 heteroatoms. The number of aryl methyl sites for hydroxylation is 1. The zero-order valence-electron chi connectivity index (χ0n) is 18.9. The lowest BCUT2D eigenvalue weighted by molar-refractivity contribution is -0.163. The normalized spacial score (nSPS) is 17.5. The van der Waals surface area contributed by atoms with Crippen LogP contribution in [0.2, 0.25) is 25.7 Å². The molecule has 0 spiro atoms. The van der Waals surface area contributed by atoms with Crippen molar-refractivity contribution >= 4 is 35.2 Å². The van der Waals surface area contributed by atoms with Gasteiger partial charge >= 0.3 is 5.69 Å². The van der Waals surface area contributed by atoms with Crippen molar-refractivity contribution in [3.8, 4) is 0 Å². The minimum atomic E-state index is -1.21. The molecule has 0 bridgehead atoms. The van der Waals surface area contributed by atoms with Crippen molar-refractivity contribution in [1.29, 1.82) is 0 Å². The summed E-state index contributed by atoms with van der Waals surface area (Å²) in [5, 5.41) is 0. The summed E-state index contributed by atoms with van der Waals surface area (Å²) in [5.74, 6) is 0. The van der Waals surface area contributed by atoms with Crippen LogP contribution in [-0.2, 0) is 34.5 Å². The Morgan fingerprint density at radius 3 is 2.65 bits per heavy atom. The Morgan fingerprint density at radius 2 is 1.97 bits per heavy atom. The van der Waals surface area contributed by atoms with E-state index in [0.717, 1.165) is 31.9 Å². The number of imidazole rings is 1. The van der Waals surface area contributed by atoms with E-state index in [1.165, 1.54) is 9.13 Å². The number of ether oxygens (including phenoxy) is 3. The molecule has 1 saturated heterocycles. The van der Waals surface area contributed by atoms with Crippen molar-refractivity contribution in [3.05, 3.63) is 25.6 Å². The molecular formula is C20H33BrN4O5Si. The number of aromatic nitrogens is 4. The topological polar surface area (TPSA) is 89.5 Å². The summed E-state index contributed by atoms with van der Waals surface area (Å²) in [6.45, 7) is 9.13. The van der Waals surface area contributed by atoms with Crippen molar-refractivity contribution in [2.24, 2.45) is 7.05 Å². The third-order valence-electron chi connectivity index (χ3n) is 5.37. The first-order chi connectivity index (χ1) is 14.7. The van der Waals surface area contributed by atoms with Gasteiger partial charge < -0.3 is 14.2 Å². The van der Waals surface area contributed by atoms with Crippen LogP contribution in [0.4, 0.5) is 0 Å². The molecule has 31 heavy (non-hydrogen) atoms. The van der Waals surface area contributed by atoms with Crippen LogP contribution in [0.25, 0.3) is 11.2 Å². The van der Waals surface area contributed by atoms with Crippen molar-refractivity contribution in [1.82, 2.24) is 18.7 Å². The Morgan fingerprint density at radius 1 is 1.19 bits per heavy atom. The van der Waals surface area contributed by atoms with Gasteiger partial charge in [0.15, 0.2) is 22.2 Å². The van der Waals surface area contributed by atoms with Crippen LogP contribution < -0.4 is 11.2 Å². The fraction of sp³-hybridized carbons (Fsp3) is 0.750. The summed E-state index contributed by atoms with van der Waals surface area (Å²) in [5.41, 5.74) is -0.0421. The van der Waals surface area contributed by atoms with E-state index in [1.54, 1.807) is 11.6 Å². The van der Waals surface area contributed by atoms with Gasteiger partial charge in [0, 0.05) is 34.9 Å². The Kier molecular flexibility index (Phi) is 8.30. The fourth-order valence-corrected chi connectivity index (χ4v) is 4.68. The van der Waals surface area contributed by atoms with Gasteiger partial charge in [0.1, 0.15) is 6.73 Å². The molecule has 2 aromatic rings. The first-order valence-electron chi connectivity index (χ1n) is 10.9. The van der Waals surface area contributed by atoms with Gasteiger partial charge in [-0.2, -0.15) is 0 Å². The highest BCUT2D eigenvalue weighted by Gasteiger charge is 2.20. The predicted octanol–water partition coefficient (Wildman–Crippen LogP) is 2.90. The maximum Gasteiger partial charge on any atom is 0.332 e. The summed E-state index contributed by atoms with van der Waals surface area (Å²) < 4.78 is 21.9. The van der Waals surface area contributed by atoms with Gasteiger partial charge in [0.25, 0.3) is 5.56 Å². The molecule has 0 radical (unpaired) electrons. The molecule has 0 saturated carbocycles. The molecule has 1 fully saturated rings. The summed E-state index contributed by atoms with van der Waals surface area (Å²) >= 11 is 3.41. The second-order valence-corrected chi connectivity index (χ2v) is 15.5. The van der Waals surface area contributed by atoms with E-state index in [2.05, 4.69) is 40.6 Å². The van der Waals surface area contributed by atoms with E-state index >= 15 is 0 Å². The number of hydrogen-bond acceptors (Lipinski definition) is 6. The van der Waals surface area contributed by atoms with Gasteiger partial charge in [-0.25, -0.2) is 9.78 Å². The number of halogens is 1. The third kappa shape index (κ3) is 6.16. The fourth-order valence-electron chi connectivity index (χ4n) is 3.47. The van der Waals surface area contributed by atoms with Gasteiger partial charge in [0.2, 0.25) is 0 Å². The zero-order chi connectivity index (χ0) is 22.6. The lowest BCUT2D eigenvalue weighted by Gasteiger charge is -2.22. The first-order valence-corrected chi connectivity index (χ1v) is 15.4. The third-order valence-corrected chi connectivity index (χ3v) is 7.68. The molecule has 1 unspecified atom stereocenters. The monoisotopic (exact) mass is 516 g/mol. The molecule has 0 N–H and O–H groups in total. The van der Waals surface area contributed by atoms with Crippen molar-refractivity contribution in [3.63, 3.8) is 0 Å². The summed E-state index contributed by atoms with van der Waals surface area (Å²) in [7, 11) is 0.420. The van der Waals surface area contributed by atoms with Gasteiger partial charge in [-0.1, -0.05) is 19.6 Å². The minimum absolute atomic E-state index is 0.179. The quantitative estimate of drug-likeness (QED) is 0.274. The molecule has 1 aliphatic rings. The van der Waals surface area contributed by atoms with E-state index in [1.807, 2.05) is 0 Å². The van der Waals surface area contributed by atoms with Crippen molar-refractivity contribution in [2.75, 3.05) is 19.8 Å². The van der Waals surface area contributed by atoms with Gasteiger partial charge in [-0.3, -0.25) is 18.5 Å². The molecule has 0 amide bonds. The van der Waals surface area contributed by atoms with Gasteiger partial charge in [-0.05, 0) is 47.7 Å². The second-order valence-electron chi connectivity index (χ2n) is 9.15. The van der Waals surface area contributed by atoms with Crippen molar-refractivity contribution < 1.29 is 14.2 Å². The molecule has 1 aliphatic heterocycles.